The molecule has 0 radical (unpaired) electrons. The number of nitrogens with two attached hydrogens (primary N) is 1. The molecule has 0 spiro atoms. The molecule has 0 aliphatic carbocycles. The van der Waals surface area contributed by atoms with Gasteiger partial charge in [-0.05, 0) is 62.4 Å². The summed E-state index contributed by atoms with van der Waals surface area (Å²) >= 11 is 0. The van der Waals surface area contributed by atoms with E-state index in [9.17, 15) is 19.2 Å². The molecular formula is C32H41N3O8. The Hall–Kier alpha value is -3.96. The maximum Gasteiger partial charge on any atom is 0.419 e. The summed E-state index contributed by atoms with van der Waals surface area (Å²) in [5.74, 6) is -2.03. The molecule has 1 aromatic heterocycles. The van der Waals surface area contributed by atoms with Crippen LogP contribution in [0.4, 0.5) is 4.79 Å². The van der Waals surface area contributed by atoms with Crippen LogP contribution in [-0.2, 0) is 36.8 Å². The van der Waals surface area contributed by atoms with E-state index in [4.69, 9.17) is 24.4 Å². The normalized spacial score (nSPS) is 15.6. The van der Waals surface area contributed by atoms with Crippen molar-refractivity contribution < 1.29 is 33.0 Å². The molecule has 11 nitrogen and oxygen atoms in total. The van der Waals surface area contributed by atoms with Gasteiger partial charge in [0.2, 0.25) is 5.91 Å². The van der Waals surface area contributed by atoms with Gasteiger partial charge in [-0.25, -0.2) is 9.59 Å². The van der Waals surface area contributed by atoms with Crippen molar-refractivity contribution in [3.05, 3.63) is 58.6 Å². The Balaban J connectivity index is 1.48. The fraction of sp³-hybridized carbons (Fsp3) is 0.500. The van der Waals surface area contributed by atoms with Crippen molar-refractivity contribution in [1.29, 1.82) is 0 Å². The molecule has 11 heteroatoms. The van der Waals surface area contributed by atoms with Crippen molar-refractivity contribution in [1.82, 2.24) is 9.88 Å². The fourth-order valence-electron chi connectivity index (χ4n) is 5.32. The molecule has 1 aliphatic heterocycles. The van der Waals surface area contributed by atoms with E-state index in [1.54, 1.807) is 38.5 Å². The van der Waals surface area contributed by atoms with E-state index in [-0.39, 0.29) is 31.5 Å². The largest absolute Gasteiger partial charge is 0.444 e. The van der Waals surface area contributed by atoms with Gasteiger partial charge in [0.15, 0.2) is 11.4 Å². The summed E-state index contributed by atoms with van der Waals surface area (Å²) in [6, 6.07) is 13.2. The van der Waals surface area contributed by atoms with E-state index < -0.39 is 34.8 Å². The van der Waals surface area contributed by atoms with Crippen LogP contribution in [-0.4, -0.2) is 60.4 Å². The molecule has 0 unspecified atom stereocenters. The van der Waals surface area contributed by atoms with Gasteiger partial charge >= 0.3 is 11.8 Å². The first kappa shape index (κ1) is 32.0. The minimum Gasteiger partial charge on any atom is -0.444 e. The Bertz CT molecular complexity index is 1490. The number of amides is 2. The zero-order valence-corrected chi connectivity index (χ0v) is 25.3. The molecule has 3 N–H and O–H groups in total. The number of ketones is 1. The quantitative estimate of drug-likeness (QED) is 0.298. The number of benzene rings is 2. The first-order valence-corrected chi connectivity index (χ1v) is 14.5. The minimum atomic E-state index is -1.19. The van der Waals surface area contributed by atoms with Gasteiger partial charge in [0, 0.05) is 58.7 Å². The van der Waals surface area contributed by atoms with Crippen LogP contribution in [0.5, 0.6) is 0 Å². The average Bonchev–Trinajstić information content (AvgIpc) is 3.26. The number of alkyl carbamates (subject to hydrolysis) is 1. The van der Waals surface area contributed by atoms with Crippen molar-refractivity contribution in [2.45, 2.75) is 70.6 Å². The molecule has 1 saturated heterocycles. The number of oxazole rings is 1. The van der Waals surface area contributed by atoms with Crippen LogP contribution >= 0.6 is 0 Å². The number of nitrogens with zero attached hydrogens (tertiary/aromatic N) is 1. The maximum absolute atomic E-state index is 13.6. The van der Waals surface area contributed by atoms with Crippen LogP contribution in [0.25, 0.3) is 22.2 Å². The molecule has 1 atom stereocenters. The number of carbonyl (C=O) groups excluding carboxylic acids is 3. The number of primary amides is 1. The van der Waals surface area contributed by atoms with E-state index in [1.165, 1.54) is 0 Å². The van der Waals surface area contributed by atoms with Gasteiger partial charge in [-0.2, -0.15) is 0 Å². The average molecular weight is 596 g/mol. The summed E-state index contributed by atoms with van der Waals surface area (Å²) in [6.45, 7) is 6.87. The SMILES string of the molecule is COCCCn1c(=O)oc2ccc(-c3ccc(C[C@H](CC(=O)C4(NC(=O)OC(C)(C)C)CCOCC4)C(N)=O)cc3)cc21. The number of aromatic nitrogens is 1. The van der Waals surface area contributed by atoms with Gasteiger partial charge in [-0.1, -0.05) is 30.3 Å². The molecular weight excluding hydrogens is 554 g/mol. The van der Waals surface area contributed by atoms with Gasteiger partial charge in [-0.3, -0.25) is 14.2 Å². The fourth-order valence-corrected chi connectivity index (χ4v) is 5.32. The summed E-state index contributed by atoms with van der Waals surface area (Å²) in [7, 11) is 1.62. The summed E-state index contributed by atoms with van der Waals surface area (Å²) in [5, 5.41) is 2.78. The van der Waals surface area contributed by atoms with Crippen molar-refractivity contribution >= 4 is 28.9 Å². The van der Waals surface area contributed by atoms with Gasteiger partial charge in [0.05, 0.1) is 5.52 Å². The number of aryl methyl sites for hydroxylation is 1. The van der Waals surface area contributed by atoms with E-state index >= 15 is 0 Å². The number of hydrogen-bond acceptors (Lipinski definition) is 8. The highest BCUT2D eigenvalue weighted by Crippen LogP contribution is 2.29. The molecule has 2 heterocycles. The Morgan fingerprint density at radius 3 is 2.37 bits per heavy atom. The number of carbonyl (C=O) groups is 3. The number of hydrogen-bond donors (Lipinski definition) is 2. The third-order valence-electron chi connectivity index (χ3n) is 7.62. The first-order valence-electron chi connectivity index (χ1n) is 14.5. The summed E-state index contributed by atoms with van der Waals surface area (Å²) in [4.78, 5) is 51.0. The lowest BCUT2D eigenvalue weighted by Crippen LogP contribution is -2.58. The molecule has 4 rings (SSSR count). The molecule has 43 heavy (non-hydrogen) atoms. The standard InChI is InChI=1S/C32H41N3O8/c1-31(2,3)43-29(38)34-32(12-16-41-17-13-32)27(36)20-24(28(33)37)18-21-6-8-22(9-7-21)23-10-11-26-25(19-23)35(30(39)42-26)14-5-15-40-4/h6-11,19,24H,5,12-18,20H2,1-4H3,(H2,33,37)(H,34,38)/t24-/m1/s1. The lowest BCUT2D eigenvalue weighted by molar-refractivity contribution is -0.133. The van der Waals surface area contributed by atoms with E-state index in [0.29, 0.717) is 43.9 Å². The number of rotatable bonds is 12. The minimum absolute atomic E-state index is 0.120. The second-order valence-electron chi connectivity index (χ2n) is 12.0. The monoisotopic (exact) mass is 595 g/mol. The van der Waals surface area contributed by atoms with Crippen molar-refractivity contribution in [2.24, 2.45) is 11.7 Å². The molecule has 3 aromatic rings. The number of nitrogens with one attached hydrogen (secondary N) is 1. The Kier molecular flexibility index (Phi) is 10.1. The zero-order valence-electron chi connectivity index (χ0n) is 25.3. The van der Waals surface area contributed by atoms with Crippen LogP contribution in [0.2, 0.25) is 0 Å². The smallest absolute Gasteiger partial charge is 0.419 e. The molecule has 1 fully saturated rings. The van der Waals surface area contributed by atoms with Gasteiger partial charge < -0.3 is 29.7 Å². The highest BCUT2D eigenvalue weighted by atomic mass is 16.6. The Labute approximate surface area is 250 Å². The summed E-state index contributed by atoms with van der Waals surface area (Å²) in [5.41, 5.74) is 7.71. The molecule has 232 valence electrons. The highest BCUT2D eigenvalue weighted by Gasteiger charge is 2.43. The first-order chi connectivity index (χ1) is 20.4. The molecule has 0 saturated carbocycles. The molecule has 0 bridgehead atoms. The second kappa shape index (κ2) is 13.6. The summed E-state index contributed by atoms with van der Waals surface area (Å²) in [6.07, 6.45) is 0.706. The molecule has 2 amide bonds. The number of Topliss-reactive ketones (excluding diaryl/α,β-unsaturated/α-hetero) is 1. The van der Waals surface area contributed by atoms with Crippen molar-refractivity contribution in [3.8, 4) is 11.1 Å². The number of methoxy groups -OCH3 is 1. The van der Waals surface area contributed by atoms with E-state index in [1.807, 2.05) is 36.4 Å². The van der Waals surface area contributed by atoms with Gasteiger partial charge in [0.1, 0.15) is 11.1 Å². The topological polar surface area (TPSA) is 152 Å². The van der Waals surface area contributed by atoms with E-state index in [2.05, 4.69) is 5.32 Å². The third-order valence-corrected chi connectivity index (χ3v) is 7.62. The number of fused-ring (bicyclic) bond motifs is 1. The zero-order chi connectivity index (χ0) is 31.2. The van der Waals surface area contributed by atoms with Crippen LogP contribution in [0.1, 0.15) is 52.0 Å². The van der Waals surface area contributed by atoms with Crippen LogP contribution < -0.4 is 16.8 Å². The molecule has 2 aromatic carbocycles. The van der Waals surface area contributed by atoms with E-state index in [0.717, 1.165) is 16.7 Å². The Morgan fingerprint density at radius 1 is 1.07 bits per heavy atom. The third kappa shape index (κ3) is 8.11. The highest BCUT2D eigenvalue weighted by molar-refractivity contribution is 5.94. The van der Waals surface area contributed by atoms with Crippen LogP contribution in [0.15, 0.2) is 51.7 Å². The van der Waals surface area contributed by atoms with Crippen LogP contribution in [0.3, 0.4) is 0 Å². The second-order valence-corrected chi connectivity index (χ2v) is 12.0. The van der Waals surface area contributed by atoms with Crippen LogP contribution in [0, 0.1) is 5.92 Å². The summed E-state index contributed by atoms with van der Waals surface area (Å²) < 4.78 is 22.9. The lowest BCUT2D eigenvalue weighted by Gasteiger charge is -2.37. The van der Waals surface area contributed by atoms with Gasteiger partial charge in [-0.15, -0.1) is 0 Å². The molecule has 1 aliphatic rings. The lowest BCUT2D eigenvalue weighted by atomic mass is 9.80. The predicted molar refractivity (Wildman–Crippen MR) is 161 cm³/mol. The van der Waals surface area contributed by atoms with Crippen molar-refractivity contribution in [2.75, 3.05) is 26.9 Å². The maximum atomic E-state index is 13.6. The van der Waals surface area contributed by atoms with Crippen molar-refractivity contribution in [3.63, 3.8) is 0 Å². The van der Waals surface area contributed by atoms with Gasteiger partial charge in [0.25, 0.3) is 0 Å². The predicted octanol–water partition coefficient (Wildman–Crippen LogP) is 3.98. The Morgan fingerprint density at radius 2 is 1.74 bits per heavy atom. The number of ether oxygens (including phenoxy) is 3.